The van der Waals surface area contributed by atoms with Crippen LogP contribution in [0.25, 0.3) is 0 Å². The Morgan fingerprint density at radius 1 is 1.00 bits per heavy atom. The van der Waals surface area contributed by atoms with Crippen molar-refractivity contribution in [1.29, 1.82) is 0 Å². The maximum absolute atomic E-state index is 12.5. The summed E-state index contributed by atoms with van der Waals surface area (Å²) < 4.78 is 38.2. The first kappa shape index (κ1) is 19.4. The van der Waals surface area contributed by atoms with Crippen molar-refractivity contribution in [1.82, 2.24) is 10.0 Å². The SMILES string of the molecule is O=C(NCc1ccc2c(c1)OCO2)c1ccc([C@@H]2Nc3ccccc3S(=O)(=O)N2)cc1. The molecule has 5 rings (SSSR count). The number of hydrogen-bond donors (Lipinski definition) is 3. The molecular formula is C22H19N3O5S. The summed E-state index contributed by atoms with van der Waals surface area (Å²) in [7, 11) is -3.62. The third-order valence-corrected chi connectivity index (χ3v) is 6.63. The van der Waals surface area contributed by atoms with Gasteiger partial charge in [0.25, 0.3) is 5.91 Å². The van der Waals surface area contributed by atoms with Gasteiger partial charge >= 0.3 is 0 Å². The van der Waals surface area contributed by atoms with Gasteiger partial charge in [-0.25, -0.2) is 8.42 Å². The zero-order valence-corrected chi connectivity index (χ0v) is 17.1. The van der Waals surface area contributed by atoms with Gasteiger partial charge in [-0.1, -0.05) is 30.3 Å². The fraction of sp³-hybridized carbons (Fsp3) is 0.136. The van der Waals surface area contributed by atoms with Crippen molar-refractivity contribution in [2.45, 2.75) is 17.6 Å². The number of sulfonamides is 1. The van der Waals surface area contributed by atoms with Crippen LogP contribution in [0, 0.1) is 0 Å². The lowest BCUT2D eigenvalue weighted by molar-refractivity contribution is 0.0950. The monoisotopic (exact) mass is 437 g/mol. The number of fused-ring (bicyclic) bond motifs is 2. The van der Waals surface area contributed by atoms with E-state index in [1.807, 2.05) is 18.2 Å². The molecule has 0 radical (unpaired) electrons. The Balaban J connectivity index is 1.26. The zero-order chi connectivity index (χ0) is 21.4. The van der Waals surface area contributed by atoms with Crippen LogP contribution < -0.4 is 24.8 Å². The van der Waals surface area contributed by atoms with Crippen LogP contribution in [0.3, 0.4) is 0 Å². The van der Waals surface area contributed by atoms with E-state index in [0.717, 1.165) is 5.56 Å². The number of carbonyl (C=O) groups excluding carboxylic acids is 1. The summed E-state index contributed by atoms with van der Waals surface area (Å²) in [5, 5.41) is 6.04. The molecule has 1 atom stereocenters. The van der Waals surface area contributed by atoms with Gasteiger partial charge in [0.2, 0.25) is 16.8 Å². The minimum absolute atomic E-state index is 0.203. The summed E-state index contributed by atoms with van der Waals surface area (Å²) in [6.07, 6.45) is -0.620. The molecule has 0 saturated carbocycles. The first-order valence-corrected chi connectivity index (χ1v) is 11.1. The standard InChI is InChI=1S/C22H19N3O5S/c26-22(23-12-14-5-10-18-19(11-14)30-13-29-18)16-8-6-15(7-9-16)21-24-17-3-1-2-4-20(17)31(27,28)25-21/h1-11,21,24-25H,12-13H2,(H,23,26)/t21-/m1/s1. The van der Waals surface area contributed by atoms with Crippen molar-refractivity contribution in [3.8, 4) is 11.5 Å². The van der Waals surface area contributed by atoms with E-state index in [1.165, 1.54) is 0 Å². The van der Waals surface area contributed by atoms with Crippen molar-refractivity contribution in [3.63, 3.8) is 0 Å². The lowest BCUT2D eigenvalue weighted by atomic mass is 10.1. The molecule has 158 valence electrons. The van der Waals surface area contributed by atoms with Crippen molar-refractivity contribution < 1.29 is 22.7 Å². The second-order valence-electron chi connectivity index (χ2n) is 7.19. The molecule has 9 heteroatoms. The number of para-hydroxylation sites is 1. The lowest BCUT2D eigenvalue weighted by Crippen LogP contribution is -2.38. The number of hydrogen-bond acceptors (Lipinski definition) is 6. The quantitative estimate of drug-likeness (QED) is 0.580. The van der Waals surface area contributed by atoms with Crippen LogP contribution in [-0.2, 0) is 16.6 Å². The number of anilines is 1. The third kappa shape index (κ3) is 3.80. The van der Waals surface area contributed by atoms with E-state index >= 15 is 0 Å². The normalized spacial score (nSPS) is 18.0. The molecule has 1 amide bonds. The Kier molecular flexibility index (Phi) is 4.76. The summed E-state index contributed by atoms with van der Waals surface area (Å²) in [6.45, 7) is 0.549. The fourth-order valence-corrected chi connectivity index (χ4v) is 4.84. The smallest absolute Gasteiger partial charge is 0.251 e. The highest BCUT2D eigenvalue weighted by Gasteiger charge is 2.29. The Bertz CT molecular complexity index is 1260. The van der Waals surface area contributed by atoms with Crippen LogP contribution in [-0.4, -0.2) is 21.1 Å². The van der Waals surface area contributed by atoms with Crippen LogP contribution >= 0.6 is 0 Å². The van der Waals surface area contributed by atoms with Crippen molar-refractivity contribution in [3.05, 3.63) is 83.4 Å². The predicted octanol–water partition coefficient (Wildman–Crippen LogP) is 2.75. The molecule has 3 aromatic rings. The van der Waals surface area contributed by atoms with Crippen molar-refractivity contribution in [2.75, 3.05) is 12.1 Å². The molecule has 0 spiro atoms. The average Bonchev–Trinajstić information content (AvgIpc) is 3.25. The van der Waals surface area contributed by atoms with Gasteiger partial charge in [-0.05, 0) is 47.5 Å². The van der Waals surface area contributed by atoms with E-state index in [4.69, 9.17) is 9.47 Å². The summed E-state index contributed by atoms with van der Waals surface area (Å²) in [6, 6.07) is 19.0. The maximum atomic E-state index is 12.5. The zero-order valence-electron chi connectivity index (χ0n) is 16.3. The first-order chi connectivity index (χ1) is 15.0. The van der Waals surface area contributed by atoms with E-state index in [-0.39, 0.29) is 17.6 Å². The van der Waals surface area contributed by atoms with Crippen molar-refractivity contribution in [2.24, 2.45) is 0 Å². The topological polar surface area (TPSA) is 106 Å². The van der Waals surface area contributed by atoms with Crippen LogP contribution in [0.2, 0.25) is 0 Å². The van der Waals surface area contributed by atoms with E-state index < -0.39 is 16.2 Å². The van der Waals surface area contributed by atoms with Gasteiger partial charge in [0.05, 0.1) is 5.69 Å². The summed E-state index contributed by atoms with van der Waals surface area (Å²) in [5.41, 5.74) is 2.61. The van der Waals surface area contributed by atoms with Crippen LogP contribution in [0.15, 0.2) is 71.6 Å². The molecule has 31 heavy (non-hydrogen) atoms. The third-order valence-electron chi connectivity index (χ3n) is 5.15. The molecule has 2 aliphatic heterocycles. The van der Waals surface area contributed by atoms with E-state index in [9.17, 15) is 13.2 Å². The molecule has 0 bridgehead atoms. The minimum Gasteiger partial charge on any atom is -0.454 e. The number of nitrogens with one attached hydrogen (secondary N) is 3. The number of carbonyl (C=O) groups is 1. The summed E-state index contributed by atoms with van der Waals surface area (Å²) in [5.74, 6) is 1.13. The molecular weight excluding hydrogens is 418 g/mol. The molecule has 3 aromatic carbocycles. The molecule has 3 N–H and O–H groups in total. The first-order valence-electron chi connectivity index (χ1n) is 9.64. The van der Waals surface area contributed by atoms with Crippen molar-refractivity contribution >= 4 is 21.6 Å². The molecule has 0 saturated heterocycles. The highest BCUT2D eigenvalue weighted by Crippen LogP contribution is 2.33. The second kappa shape index (κ2) is 7.60. The molecule has 0 fully saturated rings. The Morgan fingerprint density at radius 3 is 2.61 bits per heavy atom. The number of amides is 1. The second-order valence-corrected chi connectivity index (χ2v) is 8.87. The van der Waals surface area contributed by atoms with Gasteiger partial charge in [0, 0.05) is 12.1 Å². The van der Waals surface area contributed by atoms with Gasteiger partial charge in [-0.15, -0.1) is 0 Å². The molecule has 2 heterocycles. The largest absolute Gasteiger partial charge is 0.454 e. The molecule has 0 aliphatic carbocycles. The van der Waals surface area contributed by atoms with Gasteiger partial charge in [-0.2, -0.15) is 4.72 Å². The van der Waals surface area contributed by atoms with Gasteiger partial charge in [0.1, 0.15) is 11.1 Å². The van der Waals surface area contributed by atoms with Gasteiger partial charge in [-0.3, -0.25) is 4.79 Å². The van der Waals surface area contributed by atoms with Crippen LogP contribution in [0.4, 0.5) is 5.69 Å². The van der Waals surface area contributed by atoms with Gasteiger partial charge < -0.3 is 20.1 Å². The lowest BCUT2D eigenvalue weighted by Gasteiger charge is -2.28. The van der Waals surface area contributed by atoms with E-state index in [0.29, 0.717) is 34.9 Å². The minimum atomic E-state index is -3.62. The number of ether oxygens (including phenoxy) is 2. The van der Waals surface area contributed by atoms with Crippen LogP contribution in [0.1, 0.15) is 27.7 Å². The highest BCUT2D eigenvalue weighted by molar-refractivity contribution is 7.89. The van der Waals surface area contributed by atoms with E-state index in [1.54, 1.807) is 48.5 Å². The maximum Gasteiger partial charge on any atom is 0.251 e. The molecule has 0 unspecified atom stereocenters. The Morgan fingerprint density at radius 2 is 1.77 bits per heavy atom. The Hall–Kier alpha value is -3.56. The summed E-state index contributed by atoms with van der Waals surface area (Å²) in [4.78, 5) is 12.7. The Labute approximate surface area is 179 Å². The fourth-order valence-electron chi connectivity index (χ4n) is 3.54. The molecule has 2 aliphatic rings. The number of rotatable bonds is 4. The molecule has 0 aromatic heterocycles. The average molecular weight is 437 g/mol. The van der Waals surface area contributed by atoms with Crippen LogP contribution in [0.5, 0.6) is 11.5 Å². The number of benzene rings is 3. The predicted molar refractivity (Wildman–Crippen MR) is 113 cm³/mol. The highest BCUT2D eigenvalue weighted by atomic mass is 32.2. The molecule has 8 nitrogen and oxygen atoms in total. The summed E-state index contributed by atoms with van der Waals surface area (Å²) >= 11 is 0. The van der Waals surface area contributed by atoms with E-state index in [2.05, 4.69) is 15.4 Å². The van der Waals surface area contributed by atoms with Gasteiger partial charge in [0.15, 0.2) is 11.5 Å².